The number of rotatable bonds is 2. The van der Waals surface area contributed by atoms with E-state index in [2.05, 4.69) is 5.32 Å². The van der Waals surface area contributed by atoms with Gasteiger partial charge in [0.15, 0.2) is 0 Å². The summed E-state index contributed by atoms with van der Waals surface area (Å²) in [4.78, 5) is 26.5. The van der Waals surface area contributed by atoms with Gasteiger partial charge < -0.3 is 5.32 Å². The Balaban J connectivity index is 1.96. The molecule has 4 nitrogen and oxygen atoms in total. The Labute approximate surface area is 130 Å². The third-order valence-corrected chi connectivity index (χ3v) is 4.32. The maximum absolute atomic E-state index is 12.4. The number of amides is 3. The molecule has 6 heteroatoms. The van der Waals surface area contributed by atoms with Crippen molar-refractivity contribution in [3.8, 4) is 0 Å². The second-order valence-corrected chi connectivity index (χ2v) is 5.96. The molecule has 0 radical (unpaired) electrons. The van der Waals surface area contributed by atoms with Crippen molar-refractivity contribution in [2.75, 3.05) is 4.90 Å². The van der Waals surface area contributed by atoms with Crippen molar-refractivity contribution in [1.29, 1.82) is 0 Å². The number of nitrogens with zero attached hydrogens (tertiary/aromatic N) is 1. The summed E-state index contributed by atoms with van der Waals surface area (Å²) in [5, 5.41) is 5.01. The van der Waals surface area contributed by atoms with E-state index in [-0.39, 0.29) is 11.6 Å². The monoisotopic (exact) mass is 318 g/mol. The third-order valence-electron chi connectivity index (χ3n) is 3.12. The van der Waals surface area contributed by atoms with Gasteiger partial charge in [-0.25, -0.2) is 9.69 Å². The molecular formula is C15H11ClN2O2S. The summed E-state index contributed by atoms with van der Waals surface area (Å²) in [5.74, 6) is -0.380. The van der Waals surface area contributed by atoms with Crippen LogP contribution in [-0.4, -0.2) is 11.9 Å². The van der Waals surface area contributed by atoms with Gasteiger partial charge in [-0.2, -0.15) is 0 Å². The van der Waals surface area contributed by atoms with E-state index < -0.39 is 6.03 Å². The zero-order valence-corrected chi connectivity index (χ0v) is 12.7. The van der Waals surface area contributed by atoms with Gasteiger partial charge in [0.25, 0.3) is 5.91 Å². The highest BCUT2D eigenvalue weighted by Crippen LogP contribution is 2.26. The third kappa shape index (κ3) is 2.57. The van der Waals surface area contributed by atoms with Gasteiger partial charge in [0, 0.05) is 9.90 Å². The maximum atomic E-state index is 12.4. The summed E-state index contributed by atoms with van der Waals surface area (Å²) >= 11 is 7.43. The largest absolute Gasteiger partial charge is 0.333 e. The smallest absolute Gasteiger partial charge is 0.302 e. The molecule has 1 aromatic heterocycles. The lowest BCUT2D eigenvalue weighted by Crippen LogP contribution is -2.30. The summed E-state index contributed by atoms with van der Waals surface area (Å²) in [7, 11) is 0. The van der Waals surface area contributed by atoms with E-state index in [1.54, 1.807) is 30.3 Å². The predicted octanol–water partition coefficient (Wildman–Crippen LogP) is 3.81. The highest BCUT2D eigenvalue weighted by atomic mass is 35.5. The van der Waals surface area contributed by atoms with Gasteiger partial charge in [0.1, 0.15) is 5.70 Å². The van der Waals surface area contributed by atoms with Gasteiger partial charge in [-0.05, 0) is 48.2 Å². The van der Waals surface area contributed by atoms with Crippen molar-refractivity contribution in [3.63, 3.8) is 0 Å². The lowest BCUT2D eigenvalue weighted by molar-refractivity contribution is -0.113. The molecule has 1 saturated heterocycles. The van der Waals surface area contributed by atoms with Crippen LogP contribution in [0.25, 0.3) is 6.08 Å². The van der Waals surface area contributed by atoms with Gasteiger partial charge in [-0.15, -0.1) is 11.3 Å². The summed E-state index contributed by atoms with van der Waals surface area (Å²) in [6.07, 6.45) is 1.70. The van der Waals surface area contributed by atoms with Crippen LogP contribution in [0.5, 0.6) is 0 Å². The number of nitrogens with one attached hydrogen (secondary N) is 1. The molecule has 1 aromatic carbocycles. The van der Waals surface area contributed by atoms with Crippen molar-refractivity contribution in [2.45, 2.75) is 6.92 Å². The number of thiophene rings is 1. The first-order valence-corrected chi connectivity index (χ1v) is 7.49. The maximum Gasteiger partial charge on any atom is 0.333 e. The van der Waals surface area contributed by atoms with Crippen LogP contribution >= 0.6 is 22.9 Å². The van der Waals surface area contributed by atoms with Gasteiger partial charge in [0.05, 0.1) is 5.69 Å². The first-order valence-electron chi connectivity index (χ1n) is 6.23. The molecule has 0 spiro atoms. The zero-order valence-electron chi connectivity index (χ0n) is 11.1. The second-order valence-electron chi connectivity index (χ2n) is 4.58. The number of anilines is 1. The molecule has 1 N–H and O–H groups in total. The van der Waals surface area contributed by atoms with Gasteiger partial charge >= 0.3 is 6.03 Å². The number of hydrogen-bond acceptors (Lipinski definition) is 3. The fourth-order valence-corrected chi connectivity index (χ4v) is 3.09. The first-order chi connectivity index (χ1) is 10.1. The molecule has 106 valence electrons. The number of carbonyl (C=O) groups is 2. The van der Waals surface area contributed by atoms with Crippen LogP contribution in [-0.2, 0) is 4.79 Å². The Kier molecular flexibility index (Phi) is 3.53. The number of carbonyl (C=O) groups excluding carboxylic acids is 2. The van der Waals surface area contributed by atoms with Gasteiger partial charge in [-0.1, -0.05) is 17.7 Å². The average Bonchev–Trinajstić information content (AvgIpc) is 2.95. The Bertz CT molecular complexity index is 767. The van der Waals surface area contributed by atoms with Gasteiger partial charge in [-0.3, -0.25) is 4.79 Å². The molecule has 0 saturated carbocycles. The molecule has 2 aromatic rings. The van der Waals surface area contributed by atoms with Crippen molar-refractivity contribution in [1.82, 2.24) is 5.32 Å². The molecule has 21 heavy (non-hydrogen) atoms. The fourth-order valence-electron chi connectivity index (χ4n) is 2.05. The highest BCUT2D eigenvalue weighted by Gasteiger charge is 2.35. The Morgan fingerprint density at radius 3 is 2.76 bits per heavy atom. The van der Waals surface area contributed by atoms with E-state index in [1.165, 1.54) is 11.3 Å². The van der Waals surface area contributed by atoms with Crippen LogP contribution in [0, 0.1) is 6.92 Å². The fraction of sp³-hybridized carbons (Fsp3) is 0.0667. The minimum atomic E-state index is -0.470. The highest BCUT2D eigenvalue weighted by molar-refractivity contribution is 7.11. The molecule has 1 fully saturated rings. The second kappa shape index (κ2) is 5.35. The molecule has 1 aliphatic heterocycles. The molecule has 0 atom stereocenters. The van der Waals surface area contributed by atoms with E-state index in [4.69, 9.17) is 11.6 Å². The van der Waals surface area contributed by atoms with E-state index in [0.717, 1.165) is 15.3 Å². The minimum absolute atomic E-state index is 0.269. The Morgan fingerprint density at radius 1 is 1.29 bits per heavy atom. The normalized spacial score (nSPS) is 16.7. The molecule has 3 amide bonds. The Morgan fingerprint density at radius 2 is 2.10 bits per heavy atom. The quantitative estimate of drug-likeness (QED) is 0.676. The number of hydrogen-bond donors (Lipinski definition) is 1. The van der Waals surface area contributed by atoms with Crippen LogP contribution in [0.2, 0.25) is 5.02 Å². The number of halogens is 1. The van der Waals surface area contributed by atoms with Gasteiger partial charge in [0.2, 0.25) is 0 Å². The molecular weight excluding hydrogens is 308 g/mol. The van der Waals surface area contributed by atoms with E-state index in [0.29, 0.717) is 10.7 Å². The number of urea groups is 1. The predicted molar refractivity (Wildman–Crippen MR) is 84.5 cm³/mol. The average molecular weight is 319 g/mol. The SMILES string of the molecule is Cc1ccsc1C=C1NC(=O)N(c2cccc(Cl)c2)C1=O. The van der Waals surface area contributed by atoms with Crippen LogP contribution in [0.3, 0.4) is 0 Å². The van der Waals surface area contributed by atoms with E-state index >= 15 is 0 Å². The zero-order chi connectivity index (χ0) is 15.0. The van der Waals surface area contributed by atoms with Crippen molar-refractivity contribution < 1.29 is 9.59 Å². The summed E-state index contributed by atoms with van der Waals surface area (Å²) in [5.41, 5.74) is 1.79. The lowest BCUT2D eigenvalue weighted by Gasteiger charge is -2.11. The number of aryl methyl sites for hydroxylation is 1. The van der Waals surface area contributed by atoms with E-state index in [9.17, 15) is 9.59 Å². The molecule has 3 rings (SSSR count). The molecule has 0 bridgehead atoms. The molecule has 0 aliphatic carbocycles. The number of benzene rings is 1. The minimum Gasteiger partial charge on any atom is -0.302 e. The molecule has 1 aliphatic rings. The van der Waals surface area contributed by atoms with E-state index in [1.807, 2.05) is 18.4 Å². The molecule has 2 heterocycles. The van der Waals surface area contributed by atoms with Crippen LogP contribution in [0.15, 0.2) is 41.4 Å². The van der Waals surface area contributed by atoms with Crippen LogP contribution < -0.4 is 10.2 Å². The van der Waals surface area contributed by atoms with Crippen LogP contribution in [0.4, 0.5) is 10.5 Å². The van der Waals surface area contributed by atoms with Crippen molar-refractivity contribution in [3.05, 3.63) is 56.9 Å². The first kappa shape index (κ1) is 13.9. The topological polar surface area (TPSA) is 49.4 Å². The number of imide groups is 1. The standard InChI is InChI=1S/C15H11ClN2O2S/c1-9-5-6-21-13(9)8-12-14(19)18(15(20)17-12)11-4-2-3-10(16)7-11/h2-8H,1H3,(H,17,20). The Hall–Kier alpha value is -2.11. The van der Waals surface area contributed by atoms with Crippen molar-refractivity contribution in [2.24, 2.45) is 0 Å². The summed E-state index contributed by atoms with van der Waals surface area (Å²) in [6, 6.07) is 8.13. The van der Waals surface area contributed by atoms with Crippen LogP contribution in [0.1, 0.15) is 10.4 Å². The lowest BCUT2D eigenvalue weighted by atomic mass is 10.2. The summed E-state index contributed by atoms with van der Waals surface area (Å²) < 4.78 is 0. The summed E-state index contributed by atoms with van der Waals surface area (Å²) in [6.45, 7) is 1.96. The molecule has 0 unspecified atom stereocenters. The van der Waals surface area contributed by atoms with Crippen molar-refractivity contribution >= 4 is 46.6 Å².